The lowest BCUT2D eigenvalue weighted by molar-refractivity contribution is -0.364. The third-order valence-electron chi connectivity index (χ3n) is 4.41. The average Bonchev–Trinajstić information content (AvgIpc) is 3.14. The molecule has 1 aliphatic heterocycles. The van der Waals surface area contributed by atoms with Crippen LogP contribution in [0.5, 0.6) is 0 Å². The van der Waals surface area contributed by atoms with Gasteiger partial charge in [-0.3, -0.25) is 14.5 Å². The summed E-state index contributed by atoms with van der Waals surface area (Å²) < 4.78 is 0. The number of amides is 2. The number of aromatic nitrogens is 3. The van der Waals surface area contributed by atoms with Crippen molar-refractivity contribution in [3.8, 4) is 0 Å². The van der Waals surface area contributed by atoms with Gasteiger partial charge in [-0.25, -0.2) is 4.98 Å². The third kappa shape index (κ3) is 5.46. The molecule has 3 rings (SSSR count). The fourth-order valence-electron chi connectivity index (χ4n) is 2.96. The van der Waals surface area contributed by atoms with Crippen molar-refractivity contribution in [3.63, 3.8) is 0 Å². The van der Waals surface area contributed by atoms with E-state index in [9.17, 15) is 9.59 Å². The van der Waals surface area contributed by atoms with E-state index in [1.165, 1.54) is 11.3 Å². The number of carbonyl (C=O) groups excluding carboxylic acids is 2. The molecule has 8 nitrogen and oxygen atoms in total. The van der Waals surface area contributed by atoms with E-state index in [4.69, 9.17) is 0 Å². The number of anilines is 2. The van der Waals surface area contributed by atoms with Crippen molar-refractivity contribution in [2.24, 2.45) is 0 Å². The van der Waals surface area contributed by atoms with Gasteiger partial charge in [0.15, 0.2) is 0 Å². The number of aryl methyl sites for hydroxylation is 1. The van der Waals surface area contributed by atoms with Crippen LogP contribution in [0.25, 0.3) is 0 Å². The first-order valence-electron chi connectivity index (χ1n) is 9.27. The Labute approximate surface area is 162 Å². The molecule has 0 saturated carbocycles. The van der Waals surface area contributed by atoms with Crippen molar-refractivity contribution < 1.29 is 14.6 Å². The van der Waals surface area contributed by atoms with Crippen LogP contribution in [-0.4, -0.2) is 53.1 Å². The Morgan fingerprint density at radius 1 is 1.19 bits per heavy atom. The topological polar surface area (TPSA) is 92.6 Å². The zero-order valence-electron chi connectivity index (χ0n) is 15.5. The molecule has 2 aromatic rings. The minimum Gasteiger partial charge on any atom is -0.335 e. The van der Waals surface area contributed by atoms with Crippen molar-refractivity contribution in [1.29, 1.82) is 0 Å². The van der Waals surface area contributed by atoms with Gasteiger partial charge in [-0.2, -0.15) is 0 Å². The maximum atomic E-state index is 12.4. The zero-order valence-corrected chi connectivity index (χ0v) is 16.3. The molecule has 27 heavy (non-hydrogen) atoms. The van der Waals surface area contributed by atoms with Crippen molar-refractivity contribution in [2.75, 3.05) is 36.4 Å². The van der Waals surface area contributed by atoms with Crippen LogP contribution in [0.3, 0.4) is 0 Å². The summed E-state index contributed by atoms with van der Waals surface area (Å²) in [7, 11) is 0. The van der Waals surface area contributed by atoms with Crippen LogP contribution in [0.15, 0.2) is 24.4 Å². The van der Waals surface area contributed by atoms with Gasteiger partial charge in [-0.15, -0.1) is 10.2 Å². The van der Waals surface area contributed by atoms with Crippen molar-refractivity contribution in [3.05, 3.63) is 29.4 Å². The molecule has 9 heteroatoms. The molecule has 0 spiro atoms. The maximum Gasteiger partial charge on any atom is 0.274 e. The van der Waals surface area contributed by atoms with E-state index in [0.29, 0.717) is 18.2 Å². The summed E-state index contributed by atoms with van der Waals surface area (Å²) in [6.45, 7) is 4.97. The minimum atomic E-state index is -0.194. The summed E-state index contributed by atoms with van der Waals surface area (Å²) >= 11 is 1.39. The first kappa shape index (κ1) is 19.2. The molecule has 0 radical (unpaired) electrons. The van der Waals surface area contributed by atoms with Crippen LogP contribution in [0.4, 0.5) is 10.9 Å². The molecule has 0 bridgehead atoms. The van der Waals surface area contributed by atoms with E-state index in [2.05, 4.69) is 32.3 Å². The smallest absolute Gasteiger partial charge is 0.274 e. The zero-order chi connectivity index (χ0) is 19.1. The van der Waals surface area contributed by atoms with Gasteiger partial charge in [0.25, 0.3) is 5.82 Å². The number of rotatable bonds is 7. The molecule has 1 fully saturated rings. The van der Waals surface area contributed by atoms with E-state index in [-0.39, 0.29) is 24.7 Å². The Morgan fingerprint density at radius 2 is 2.00 bits per heavy atom. The van der Waals surface area contributed by atoms with Gasteiger partial charge in [-0.1, -0.05) is 24.3 Å². The fourth-order valence-corrected chi connectivity index (χ4v) is 3.81. The second kappa shape index (κ2) is 9.40. The Kier molecular flexibility index (Phi) is 6.69. The van der Waals surface area contributed by atoms with Crippen LogP contribution in [-0.2, 0) is 16.0 Å². The largest absolute Gasteiger partial charge is 0.335 e. The standard InChI is InChI=1S/C18H24N6O2S/c1-2-5-16-21-22-18(27-16)20-15(25)7-8-17(26)24-12-10-23(11-13-24)14-6-3-4-9-19-14/h3-4,6,9H,2,5,7-8,10-13H2,1H3,(H,20,22,25)/p+1. The lowest BCUT2D eigenvalue weighted by Gasteiger charge is -2.31. The summed E-state index contributed by atoms with van der Waals surface area (Å²) in [4.78, 5) is 31.7. The summed E-state index contributed by atoms with van der Waals surface area (Å²) in [5.41, 5.74) is 0. The lowest BCUT2D eigenvalue weighted by atomic mass is 10.2. The molecule has 0 aromatic carbocycles. The lowest BCUT2D eigenvalue weighted by Crippen LogP contribution is -2.50. The maximum absolute atomic E-state index is 12.4. The average molecular weight is 390 g/mol. The number of H-pyrrole nitrogens is 1. The normalized spacial score (nSPS) is 14.3. The van der Waals surface area contributed by atoms with Crippen LogP contribution in [0, 0.1) is 0 Å². The summed E-state index contributed by atoms with van der Waals surface area (Å²) in [6.07, 6.45) is 4.12. The number of hydrogen-bond acceptors (Lipinski definition) is 6. The van der Waals surface area contributed by atoms with E-state index in [1.807, 2.05) is 29.3 Å². The molecule has 144 valence electrons. The van der Waals surface area contributed by atoms with Crippen molar-refractivity contribution in [2.45, 2.75) is 32.6 Å². The minimum absolute atomic E-state index is 0.0192. The number of aromatic amines is 1. The highest BCUT2D eigenvalue weighted by molar-refractivity contribution is 7.15. The first-order valence-corrected chi connectivity index (χ1v) is 10.1. The van der Waals surface area contributed by atoms with E-state index < -0.39 is 0 Å². The van der Waals surface area contributed by atoms with Crippen molar-refractivity contribution >= 4 is 34.1 Å². The first-order chi connectivity index (χ1) is 13.2. The predicted molar refractivity (Wildman–Crippen MR) is 104 cm³/mol. The molecule has 3 heterocycles. The highest BCUT2D eigenvalue weighted by Gasteiger charge is 2.26. The molecule has 0 atom stereocenters. The highest BCUT2D eigenvalue weighted by atomic mass is 32.1. The monoisotopic (exact) mass is 389 g/mol. The van der Waals surface area contributed by atoms with Crippen LogP contribution in [0.1, 0.15) is 31.2 Å². The summed E-state index contributed by atoms with van der Waals surface area (Å²) in [6, 6.07) is 5.97. The van der Waals surface area contributed by atoms with Gasteiger partial charge in [-0.05, 0) is 12.5 Å². The van der Waals surface area contributed by atoms with E-state index in [1.54, 1.807) is 0 Å². The van der Waals surface area contributed by atoms with Gasteiger partial charge in [0.2, 0.25) is 16.9 Å². The molecule has 2 aromatic heterocycles. The second-order valence-electron chi connectivity index (χ2n) is 6.41. The Bertz CT molecular complexity index is 758. The second-order valence-corrected chi connectivity index (χ2v) is 7.48. The number of nitrogens with zero attached hydrogens (tertiary/aromatic N) is 4. The Hall–Kier alpha value is -2.55. The van der Waals surface area contributed by atoms with E-state index >= 15 is 0 Å². The molecule has 1 saturated heterocycles. The van der Waals surface area contributed by atoms with Gasteiger partial charge in [0, 0.05) is 25.3 Å². The molecule has 0 aliphatic carbocycles. The predicted octanol–water partition coefficient (Wildman–Crippen LogP) is 1.37. The molecule has 2 N–H and O–H groups in total. The SMILES string of the molecule is CCCc1nnc(NC(=O)CCC(=O)N2CCN(c3cccc[nH+]3)CC2)s1. The summed E-state index contributed by atoms with van der Waals surface area (Å²) in [5, 5.41) is 12.1. The Balaban J connectivity index is 1.39. The van der Waals surface area contributed by atoms with Gasteiger partial charge >= 0.3 is 0 Å². The molecule has 2 amide bonds. The number of pyridine rings is 1. The van der Waals surface area contributed by atoms with E-state index in [0.717, 1.165) is 36.8 Å². The highest BCUT2D eigenvalue weighted by Crippen LogP contribution is 2.17. The fraction of sp³-hybridized carbons (Fsp3) is 0.500. The van der Waals surface area contributed by atoms with Gasteiger partial charge in [0.1, 0.15) is 18.1 Å². The number of piperazine rings is 1. The van der Waals surface area contributed by atoms with Gasteiger partial charge < -0.3 is 10.2 Å². The molecule has 1 aliphatic rings. The van der Waals surface area contributed by atoms with Crippen molar-refractivity contribution in [1.82, 2.24) is 15.1 Å². The number of nitrogens with one attached hydrogen (secondary N) is 2. The number of carbonyl (C=O) groups is 2. The van der Waals surface area contributed by atoms with Crippen LogP contribution in [0.2, 0.25) is 0 Å². The number of hydrogen-bond donors (Lipinski definition) is 1. The quantitative estimate of drug-likeness (QED) is 0.772. The van der Waals surface area contributed by atoms with Crippen LogP contribution >= 0.6 is 11.3 Å². The summed E-state index contributed by atoms with van der Waals surface area (Å²) in [5.74, 6) is 0.884. The van der Waals surface area contributed by atoms with Crippen LogP contribution < -0.4 is 15.2 Å². The molecular formula is C18H25N6O2S+. The molecular weight excluding hydrogens is 364 g/mol. The third-order valence-corrected chi connectivity index (χ3v) is 5.31. The molecule has 0 unspecified atom stereocenters. The van der Waals surface area contributed by atoms with Gasteiger partial charge in [0.05, 0.1) is 19.3 Å². The Morgan fingerprint density at radius 3 is 2.70 bits per heavy atom.